The molecule has 8 heteroatoms. The van der Waals surface area contributed by atoms with Crippen LogP contribution in [0.5, 0.6) is 0 Å². The molecule has 3 heterocycles. The predicted molar refractivity (Wildman–Crippen MR) is 161 cm³/mol. The summed E-state index contributed by atoms with van der Waals surface area (Å²) in [4.78, 5) is 18.9. The largest absolute Gasteiger partial charge is 0.351 e. The molecule has 1 aliphatic heterocycles. The number of rotatable bonds is 6. The number of hydrogen-bond donors (Lipinski definition) is 2. The Morgan fingerprint density at radius 1 is 1.08 bits per heavy atom. The molecular formula is C30H30BrN5OS. The van der Waals surface area contributed by atoms with E-state index in [9.17, 15) is 4.79 Å². The van der Waals surface area contributed by atoms with Gasteiger partial charge >= 0.3 is 0 Å². The molecule has 0 spiro atoms. The van der Waals surface area contributed by atoms with E-state index in [1.807, 2.05) is 56.4 Å². The van der Waals surface area contributed by atoms with Crippen LogP contribution in [0.2, 0.25) is 0 Å². The molecule has 0 aliphatic carbocycles. The number of para-hydroxylation sites is 1. The van der Waals surface area contributed by atoms with Crippen LogP contribution in [0.25, 0.3) is 5.69 Å². The minimum absolute atomic E-state index is 0.00758. The van der Waals surface area contributed by atoms with Crippen LogP contribution in [0.1, 0.15) is 53.6 Å². The minimum atomic E-state index is -0.142. The second-order valence-electron chi connectivity index (χ2n) is 9.51. The highest BCUT2D eigenvalue weighted by molar-refractivity contribution is 9.10. The van der Waals surface area contributed by atoms with Crippen LogP contribution < -0.4 is 15.5 Å². The summed E-state index contributed by atoms with van der Waals surface area (Å²) in [5.41, 5.74) is 8.21. The fraction of sp³-hybridized carbons (Fsp3) is 0.233. The number of halogens is 1. The topological polar surface area (TPSA) is 62.2 Å². The van der Waals surface area contributed by atoms with Crippen LogP contribution in [-0.4, -0.2) is 20.6 Å². The molecule has 38 heavy (non-hydrogen) atoms. The Balaban J connectivity index is 1.64. The van der Waals surface area contributed by atoms with Gasteiger partial charge in [0, 0.05) is 39.9 Å². The molecule has 2 aromatic heterocycles. The van der Waals surface area contributed by atoms with Crippen molar-refractivity contribution in [2.45, 2.75) is 46.2 Å². The van der Waals surface area contributed by atoms with Crippen molar-refractivity contribution in [3.63, 3.8) is 0 Å². The standard InChI is InChI=1S/C30H30BrN5OS/c1-5-27(37)33-24-14-13-21(16-18(24)2)36-29(28(34-30(36)38)25-11-8-9-15-32-25)22-17-19(3)35(20(22)4)26-12-7-6-10-23(26)31/h6-17,28-29H,5H2,1-4H3,(H,33,37)(H,34,38)/t28-,29+/m0/s1. The molecule has 2 aromatic carbocycles. The summed E-state index contributed by atoms with van der Waals surface area (Å²) in [5.74, 6) is -0.00758. The highest BCUT2D eigenvalue weighted by Crippen LogP contribution is 2.44. The number of nitrogens with zero attached hydrogens (tertiary/aromatic N) is 3. The predicted octanol–water partition coefficient (Wildman–Crippen LogP) is 7.09. The number of nitrogens with one attached hydrogen (secondary N) is 2. The third kappa shape index (κ3) is 4.74. The molecule has 1 amide bonds. The molecule has 1 fully saturated rings. The highest BCUT2D eigenvalue weighted by Gasteiger charge is 2.42. The van der Waals surface area contributed by atoms with Crippen molar-refractivity contribution in [3.8, 4) is 5.69 Å². The molecule has 4 aromatic rings. The van der Waals surface area contributed by atoms with E-state index in [1.54, 1.807) is 0 Å². The van der Waals surface area contributed by atoms with E-state index in [4.69, 9.17) is 17.2 Å². The lowest BCUT2D eigenvalue weighted by molar-refractivity contribution is -0.115. The van der Waals surface area contributed by atoms with Crippen LogP contribution in [0, 0.1) is 20.8 Å². The van der Waals surface area contributed by atoms with Crippen LogP contribution >= 0.6 is 28.1 Å². The first-order valence-electron chi connectivity index (χ1n) is 12.6. The van der Waals surface area contributed by atoms with Crippen molar-refractivity contribution in [2.24, 2.45) is 0 Å². The highest BCUT2D eigenvalue weighted by atomic mass is 79.9. The molecular weight excluding hydrogens is 558 g/mol. The van der Waals surface area contributed by atoms with Gasteiger partial charge in [-0.15, -0.1) is 0 Å². The lowest BCUT2D eigenvalue weighted by atomic mass is 9.96. The number of carbonyl (C=O) groups excluding carboxylic acids is 1. The summed E-state index contributed by atoms with van der Waals surface area (Å²) in [6.07, 6.45) is 2.25. The van der Waals surface area contributed by atoms with Crippen LogP contribution in [0.3, 0.4) is 0 Å². The minimum Gasteiger partial charge on any atom is -0.351 e. The van der Waals surface area contributed by atoms with Crippen molar-refractivity contribution in [2.75, 3.05) is 10.2 Å². The third-order valence-corrected chi connectivity index (χ3v) is 8.05. The number of amides is 1. The maximum absolute atomic E-state index is 12.0. The zero-order valence-electron chi connectivity index (χ0n) is 21.8. The Bertz CT molecular complexity index is 1520. The molecule has 0 bridgehead atoms. The summed E-state index contributed by atoms with van der Waals surface area (Å²) in [6.45, 7) is 8.14. The van der Waals surface area contributed by atoms with Crippen molar-refractivity contribution in [3.05, 3.63) is 106 Å². The third-order valence-electron chi connectivity index (χ3n) is 7.06. The van der Waals surface area contributed by atoms with Gasteiger partial charge in [-0.2, -0.15) is 0 Å². The second kappa shape index (κ2) is 10.7. The SMILES string of the molecule is CCC(=O)Nc1ccc(N2C(=S)N[C@@H](c3ccccn3)[C@H]2c2cc(C)n(-c3ccccc3Br)c2C)cc1C. The summed E-state index contributed by atoms with van der Waals surface area (Å²) < 4.78 is 3.31. The fourth-order valence-corrected chi connectivity index (χ4v) is 6.02. The molecule has 2 N–H and O–H groups in total. The molecule has 0 unspecified atom stereocenters. The van der Waals surface area contributed by atoms with Gasteiger partial charge in [0.05, 0.1) is 23.5 Å². The number of thiocarbonyl (C=S) groups is 1. The van der Waals surface area contributed by atoms with E-state index in [1.165, 1.54) is 5.56 Å². The maximum atomic E-state index is 12.0. The van der Waals surface area contributed by atoms with Gasteiger partial charge in [-0.05, 0) is 109 Å². The molecule has 6 nitrogen and oxygen atoms in total. The van der Waals surface area contributed by atoms with Gasteiger partial charge in [-0.3, -0.25) is 9.78 Å². The smallest absolute Gasteiger partial charge is 0.224 e. The summed E-state index contributed by atoms with van der Waals surface area (Å²) in [5, 5.41) is 7.18. The average Bonchev–Trinajstić information content (AvgIpc) is 3.41. The van der Waals surface area contributed by atoms with Crippen LogP contribution in [0.4, 0.5) is 11.4 Å². The van der Waals surface area contributed by atoms with Gasteiger partial charge in [0.1, 0.15) is 0 Å². The zero-order valence-corrected chi connectivity index (χ0v) is 24.2. The number of benzene rings is 2. The van der Waals surface area contributed by atoms with Gasteiger partial charge in [0.25, 0.3) is 0 Å². The van der Waals surface area contributed by atoms with E-state index in [2.05, 4.69) is 80.2 Å². The lowest BCUT2D eigenvalue weighted by Crippen LogP contribution is -2.29. The normalized spacial score (nSPS) is 17.0. The Morgan fingerprint density at radius 2 is 1.84 bits per heavy atom. The summed E-state index contributed by atoms with van der Waals surface area (Å²) >= 11 is 9.67. The van der Waals surface area contributed by atoms with Crippen molar-refractivity contribution in [1.29, 1.82) is 0 Å². The Hall–Kier alpha value is -3.49. The first kappa shape index (κ1) is 26.1. The number of hydrogen-bond acceptors (Lipinski definition) is 3. The first-order chi connectivity index (χ1) is 18.3. The van der Waals surface area contributed by atoms with E-state index < -0.39 is 0 Å². The number of pyridine rings is 1. The summed E-state index contributed by atoms with van der Waals surface area (Å²) in [6, 6.07) is 22.3. The monoisotopic (exact) mass is 587 g/mol. The van der Waals surface area contributed by atoms with Crippen LogP contribution in [-0.2, 0) is 4.79 Å². The van der Waals surface area contributed by atoms with Gasteiger partial charge in [0.15, 0.2) is 5.11 Å². The van der Waals surface area contributed by atoms with E-state index in [-0.39, 0.29) is 18.0 Å². The fourth-order valence-electron chi connectivity index (χ4n) is 5.22. The number of anilines is 2. The van der Waals surface area contributed by atoms with Gasteiger partial charge in [0.2, 0.25) is 5.91 Å². The van der Waals surface area contributed by atoms with Crippen LogP contribution in [0.15, 0.2) is 77.4 Å². The Kier molecular flexibility index (Phi) is 7.36. The van der Waals surface area contributed by atoms with Gasteiger partial charge in [-0.1, -0.05) is 25.1 Å². The molecule has 0 saturated carbocycles. The molecule has 5 rings (SSSR count). The van der Waals surface area contributed by atoms with E-state index >= 15 is 0 Å². The number of carbonyl (C=O) groups is 1. The van der Waals surface area contributed by atoms with Crippen molar-refractivity contribution in [1.82, 2.24) is 14.9 Å². The average molecular weight is 589 g/mol. The molecule has 194 valence electrons. The molecule has 1 aliphatic rings. The van der Waals surface area contributed by atoms with Gasteiger partial charge in [-0.25, -0.2) is 0 Å². The number of aromatic nitrogens is 2. The van der Waals surface area contributed by atoms with Crippen molar-refractivity contribution >= 4 is 50.5 Å². The number of aryl methyl sites for hydroxylation is 2. The molecule has 0 radical (unpaired) electrons. The Labute approximate surface area is 237 Å². The first-order valence-corrected chi connectivity index (χ1v) is 13.8. The Morgan fingerprint density at radius 3 is 2.53 bits per heavy atom. The molecule has 1 saturated heterocycles. The van der Waals surface area contributed by atoms with Gasteiger partial charge < -0.3 is 20.1 Å². The van der Waals surface area contributed by atoms with E-state index in [0.29, 0.717) is 11.5 Å². The van der Waals surface area contributed by atoms with Crippen molar-refractivity contribution < 1.29 is 4.79 Å². The summed E-state index contributed by atoms with van der Waals surface area (Å²) in [7, 11) is 0. The maximum Gasteiger partial charge on any atom is 0.224 e. The molecule has 2 atom stereocenters. The second-order valence-corrected chi connectivity index (χ2v) is 10.8. The lowest BCUT2D eigenvalue weighted by Gasteiger charge is -2.29. The van der Waals surface area contributed by atoms with E-state index in [0.717, 1.165) is 44.2 Å². The zero-order chi connectivity index (χ0) is 27.0. The quantitative estimate of drug-likeness (QED) is 0.236.